The van der Waals surface area contributed by atoms with E-state index in [9.17, 15) is 4.79 Å². The van der Waals surface area contributed by atoms with Gasteiger partial charge in [-0.25, -0.2) is 4.98 Å². The van der Waals surface area contributed by atoms with E-state index in [0.717, 1.165) is 11.1 Å². The molecule has 24 heavy (non-hydrogen) atoms. The summed E-state index contributed by atoms with van der Waals surface area (Å²) >= 11 is 6.09. The van der Waals surface area contributed by atoms with E-state index in [2.05, 4.69) is 10.3 Å². The second kappa shape index (κ2) is 7.19. The molecule has 3 rings (SSSR count). The largest absolute Gasteiger partial charge is 0.444 e. The fraction of sp³-hybridized carbons (Fsp3) is 0.111. The number of nitrogens with zero attached hydrogens (tertiary/aromatic N) is 1. The van der Waals surface area contributed by atoms with Gasteiger partial charge in [-0.1, -0.05) is 29.8 Å². The van der Waals surface area contributed by atoms with E-state index in [-0.39, 0.29) is 11.6 Å². The summed E-state index contributed by atoms with van der Waals surface area (Å²) in [6.07, 6.45) is 1.99. The number of carbonyl (C=O) groups is 1. The van der Waals surface area contributed by atoms with Crippen molar-refractivity contribution in [3.8, 4) is 11.5 Å². The molecule has 0 aliphatic heterocycles. The van der Waals surface area contributed by atoms with Crippen molar-refractivity contribution in [3.05, 3.63) is 71.1 Å². The number of hydrogen-bond acceptors (Lipinski definition) is 4. The Kier molecular flexibility index (Phi) is 4.82. The highest BCUT2D eigenvalue weighted by atomic mass is 35.5. The number of rotatable bonds is 5. The van der Waals surface area contributed by atoms with Crippen LogP contribution in [0.5, 0.6) is 0 Å². The molecule has 3 N–H and O–H groups in total. The van der Waals surface area contributed by atoms with Gasteiger partial charge in [0.15, 0.2) is 5.69 Å². The standard InChI is InChI=1S/C18H16ClN3O2/c19-15-4-2-1-3-12(15)9-10-21-17(23)16-11-24-18(22-16)13-5-7-14(20)8-6-13/h1-8,11H,9-10,20H2,(H,21,23). The molecule has 6 heteroatoms. The normalized spacial score (nSPS) is 10.5. The molecule has 0 aliphatic carbocycles. The first-order chi connectivity index (χ1) is 11.6. The average Bonchev–Trinajstić information content (AvgIpc) is 3.07. The molecule has 1 heterocycles. The summed E-state index contributed by atoms with van der Waals surface area (Å²) in [7, 11) is 0. The molecule has 1 aromatic heterocycles. The molecule has 0 aliphatic rings. The number of nitrogens with two attached hydrogens (primary N) is 1. The van der Waals surface area contributed by atoms with E-state index >= 15 is 0 Å². The molecule has 0 atom stereocenters. The molecular formula is C18H16ClN3O2. The van der Waals surface area contributed by atoms with Crippen LogP contribution in [0, 0.1) is 0 Å². The van der Waals surface area contributed by atoms with Gasteiger partial charge in [0.1, 0.15) is 6.26 Å². The molecule has 0 spiro atoms. The summed E-state index contributed by atoms with van der Waals surface area (Å²) in [4.78, 5) is 16.3. The number of aromatic nitrogens is 1. The minimum atomic E-state index is -0.285. The zero-order valence-electron chi connectivity index (χ0n) is 12.8. The Balaban J connectivity index is 1.60. The lowest BCUT2D eigenvalue weighted by molar-refractivity contribution is 0.0949. The molecule has 0 saturated heterocycles. The molecule has 3 aromatic rings. The molecular weight excluding hydrogens is 326 g/mol. The van der Waals surface area contributed by atoms with Crippen LogP contribution in [-0.2, 0) is 6.42 Å². The number of halogens is 1. The van der Waals surface area contributed by atoms with E-state index in [0.29, 0.717) is 29.6 Å². The van der Waals surface area contributed by atoms with Crippen molar-refractivity contribution in [1.82, 2.24) is 10.3 Å². The molecule has 122 valence electrons. The number of nitrogen functional groups attached to an aromatic ring is 1. The smallest absolute Gasteiger partial charge is 0.273 e. The third kappa shape index (κ3) is 3.75. The number of oxazole rings is 1. The van der Waals surface area contributed by atoms with Gasteiger partial charge in [0.2, 0.25) is 5.89 Å². The second-order valence-corrected chi connectivity index (χ2v) is 5.66. The zero-order chi connectivity index (χ0) is 16.9. The van der Waals surface area contributed by atoms with Crippen LogP contribution in [0.2, 0.25) is 5.02 Å². The number of benzene rings is 2. The van der Waals surface area contributed by atoms with Crippen LogP contribution in [0.25, 0.3) is 11.5 Å². The van der Waals surface area contributed by atoms with Gasteiger partial charge in [0.25, 0.3) is 5.91 Å². The van der Waals surface area contributed by atoms with E-state index in [1.165, 1.54) is 6.26 Å². The molecule has 5 nitrogen and oxygen atoms in total. The van der Waals surface area contributed by atoms with Crippen molar-refractivity contribution in [2.75, 3.05) is 12.3 Å². The van der Waals surface area contributed by atoms with Crippen LogP contribution in [0.4, 0.5) is 5.69 Å². The van der Waals surface area contributed by atoms with Gasteiger partial charge in [0, 0.05) is 22.8 Å². The first kappa shape index (κ1) is 16.1. The Morgan fingerprint density at radius 3 is 2.67 bits per heavy atom. The average molecular weight is 342 g/mol. The Hall–Kier alpha value is -2.79. The number of hydrogen-bond donors (Lipinski definition) is 2. The maximum Gasteiger partial charge on any atom is 0.273 e. The van der Waals surface area contributed by atoms with Gasteiger partial charge in [-0.3, -0.25) is 4.79 Å². The zero-order valence-corrected chi connectivity index (χ0v) is 13.6. The monoisotopic (exact) mass is 341 g/mol. The molecule has 0 unspecified atom stereocenters. The Morgan fingerprint density at radius 2 is 1.92 bits per heavy atom. The van der Waals surface area contributed by atoms with Gasteiger partial charge >= 0.3 is 0 Å². The number of anilines is 1. The first-order valence-corrected chi connectivity index (χ1v) is 7.84. The second-order valence-electron chi connectivity index (χ2n) is 5.26. The van der Waals surface area contributed by atoms with E-state index in [4.69, 9.17) is 21.8 Å². The quantitative estimate of drug-likeness (QED) is 0.695. The predicted molar refractivity (Wildman–Crippen MR) is 93.8 cm³/mol. The maximum atomic E-state index is 12.1. The van der Waals surface area contributed by atoms with Crippen molar-refractivity contribution in [3.63, 3.8) is 0 Å². The highest BCUT2D eigenvalue weighted by Gasteiger charge is 2.13. The molecule has 0 fully saturated rings. The number of carbonyl (C=O) groups excluding carboxylic acids is 1. The van der Waals surface area contributed by atoms with Crippen molar-refractivity contribution in [2.24, 2.45) is 0 Å². The Bertz CT molecular complexity index is 843. The van der Waals surface area contributed by atoms with Gasteiger partial charge in [-0.15, -0.1) is 0 Å². The summed E-state index contributed by atoms with van der Waals surface area (Å²) < 4.78 is 5.36. The Labute approximate surface area is 144 Å². The summed E-state index contributed by atoms with van der Waals surface area (Å²) in [5.41, 5.74) is 8.29. The highest BCUT2D eigenvalue weighted by Crippen LogP contribution is 2.20. The highest BCUT2D eigenvalue weighted by molar-refractivity contribution is 6.31. The van der Waals surface area contributed by atoms with Crippen molar-refractivity contribution >= 4 is 23.2 Å². The van der Waals surface area contributed by atoms with Crippen LogP contribution in [0.3, 0.4) is 0 Å². The SMILES string of the molecule is Nc1ccc(-c2nc(C(=O)NCCc3ccccc3Cl)co2)cc1. The van der Waals surface area contributed by atoms with E-state index < -0.39 is 0 Å². The van der Waals surface area contributed by atoms with Crippen molar-refractivity contribution < 1.29 is 9.21 Å². The van der Waals surface area contributed by atoms with Crippen LogP contribution in [0.15, 0.2) is 59.2 Å². The van der Waals surface area contributed by atoms with Gasteiger partial charge in [-0.2, -0.15) is 0 Å². The van der Waals surface area contributed by atoms with Crippen molar-refractivity contribution in [2.45, 2.75) is 6.42 Å². The van der Waals surface area contributed by atoms with Gasteiger partial charge < -0.3 is 15.5 Å². The maximum absolute atomic E-state index is 12.1. The molecule has 0 radical (unpaired) electrons. The third-order valence-electron chi connectivity index (χ3n) is 3.53. The van der Waals surface area contributed by atoms with E-state index in [1.54, 1.807) is 24.3 Å². The number of nitrogens with one attached hydrogen (secondary N) is 1. The summed E-state index contributed by atoms with van der Waals surface area (Å²) in [6.45, 7) is 0.465. The minimum absolute atomic E-state index is 0.237. The summed E-state index contributed by atoms with van der Waals surface area (Å²) in [5, 5.41) is 3.50. The van der Waals surface area contributed by atoms with E-state index in [1.807, 2.05) is 24.3 Å². The molecule has 1 amide bonds. The fourth-order valence-corrected chi connectivity index (χ4v) is 2.47. The molecule has 0 saturated carbocycles. The Morgan fingerprint density at radius 1 is 1.17 bits per heavy atom. The predicted octanol–water partition coefficient (Wildman–Crippen LogP) is 3.55. The third-order valence-corrected chi connectivity index (χ3v) is 3.90. The fourth-order valence-electron chi connectivity index (χ4n) is 2.24. The van der Waals surface area contributed by atoms with Crippen molar-refractivity contribution in [1.29, 1.82) is 0 Å². The van der Waals surface area contributed by atoms with Crippen LogP contribution in [0.1, 0.15) is 16.1 Å². The topological polar surface area (TPSA) is 81.1 Å². The van der Waals surface area contributed by atoms with Gasteiger partial charge in [0.05, 0.1) is 0 Å². The molecule has 0 bridgehead atoms. The minimum Gasteiger partial charge on any atom is -0.444 e. The number of amides is 1. The summed E-state index contributed by atoms with van der Waals surface area (Å²) in [5.74, 6) is 0.0961. The molecule has 2 aromatic carbocycles. The lowest BCUT2D eigenvalue weighted by Gasteiger charge is -2.05. The lowest BCUT2D eigenvalue weighted by atomic mass is 10.1. The first-order valence-electron chi connectivity index (χ1n) is 7.46. The van der Waals surface area contributed by atoms with Crippen LogP contribution < -0.4 is 11.1 Å². The summed E-state index contributed by atoms with van der Waals surface area (Å²) in [6, 6.07) is 14.6. The lowest BCUT2D eigenvalue weighted by Crippen LogP contribution is -2.26. The van der Waals surface area contributed by atoms with Gasteiger partial charge in [-0.05, 0) is 42.3 Å². The van der Waals surface area contributed by atoms with Crippen LogP contribution >= 0.6 is 11.6 Å². The van der Waals surface area contributed by atoms with Crippen LogP contribution in [-0.4, -0.2) is 17.4 Å².